The number of ether oxygens (including phenoxy) is 1. The highest BCUT2D eigenvalue weighted by Crippen LogP contribution is 2.24. The molecule has 0 N–H and O–H groups in total. The maximum Gasteiger partial charge on any atom is 0.306 e. The van der Waals surface area contributed by atoms with Crippen molar-refractivity contribution in [3.63, 3.8) is 0 Å². The molecule has 0 unspecified atom stereocenters. The zero-order valence-electron chi connectivity index (χ0n) is 10.9. The van der Waals surface area contributed by atoms with Crippen molar-refractivity contribution < 1.29 is 9.53 Å². The van der Waals surface area contributed by atoms with E-state index < -0.39 is 0 Å². The van der Waals surface area contributed by atoms with E-state index in [1.165, 1.54) is 12.8 Å². The molecule has 0 aromatic rings. The van der Waals surface area contributed by atoms with Crippen molar-refractivity contribution in [3.8, 4) is 0 Å². The molecule has 15 heavy (non-hydrogen) atoms. The summed E-state index contributed by atoms with van der Waals surface area (Å²) < 4.78 is 4.92. The molecule has 0 radical (unpaired) electrons. The fourth-order valence-corrected chi connectivity index (χ4v) is 1.59. The lowest BCUT2D eigenvalue weighted by molar-refractivity contribution is -0.144. The summed E-state index contributed by atoms with van der Waals surface area (Å²) >= 11 is 0. The Labute approximate surface area is 94.4 Å². The van der Waals surface area contributed by atoms with Crippen LogP contribution in [0.15, 0.2) is 0 Å². The van der Waals surface area contributed by atoms with E-state index in [0.717, 1.165) is 6.42 Å². The lowest BCUT2D eigenvalue weighted by atomic mass is 9.88. The maximum absolute atomic E-state index is 11.2. The van der Waals surface area contributed by atoms with Crippen LogP contribution in [-0.2, 0) is 9.53 Å². The van der Waals surface area contributed by atoms with Crippen LogP contribution in [0.2, 0.25) is 0 Å². The summed E-state index contributed by atoms with van der Waals surface area (Å²) in [5.41, 5.74) is 0.406. The summed E-state index contributed by atoms with van der Waals surface area (Å²) in [5, 5.41) is 0. The van der Waals surface area contributed by atoms with E-state index >= 15 is 0 Å². The monoisotopic (exact) mass is 214 g/mol. The van der Waals surface area contributed by atoms with Crippen LogP contribution in [0.25, 0.3) is 0 Å². The van der Waals surface area contributed by atoms with Crippen LogP contribution in [0.4, 0.5) is 0 Å². The van der Waals surface area contributed by atoms with Gasteiger partial charge in [-0.2, -0.15) is 0 Å². The van der Waals surface area contributed by atoms with E-state index in [0.29, 0.717) is 24.4 Å². The van der Waals surface area contributed by atoms with Crippen molar-refractivity contribution in [3.05, 3.63) is 0 Å². The molecule has 0 aliphatic rings. The van der Waals surface area contributed by atoms with Crippen molar-refractivity contribution in [1.29, 1.82) is 0 Å². The first-order valence-electron chi connectivity index (χ1n) is 6.00. The number of carbonyl (C=O) groups excluding carboxylic acids is 1. The van der Waals surface area contributed by atoms with E-state index in [1.807, 2.05) is 6.92 Å². The third-order valence-electron chi connectivity index (χ3n) is 2.44. The zero-order chi connectivity index (χ0) is 11.9. The highest BCUT2D eigenvalue weighted by molar-refractivity contribution is 5.69. The van der Waals surface area contributed by atoms with Crippen LogP contribution in [0.5, 0.6) is 0 Å². The van der Waals surface area contributed by atoms with Crippen molar-refractivity contribution >= 4 is 5.97 Å². The van der Waals surface area contributed by atoms with Crippen molar-refractivity contribution in [1.82, 2.24) is 0 Å². The lowest BCUT2D eigenvalue weighted by Crippen LogP contribution is -2.10. The predicted octanol–water partition coefficient (Wildman–Crippen LogP) is 3.79. The zero-order valence-corrected chi connectivity index (χ0v) is 10.9. The van der Waals surface area contributed by atoms with Gasteiger partial charge in [0.15, 0.2) is 0 Å². The van der Waals surface area contributed by atoms with Gasteiger partial charge in [0.2, 0.25) is 0 Å². The second-order valence-corrected chi connectivity index (χ2v) is 5.57. The predicted molar refractivity (Wildman–Crippen MR) is 63.7 cm³/mol. The van der Waals surface area contributed by atoms with Gasteiger partial charge in [-0.15, -0.1) is 0 Å². The van der Waals surface area contributed by atoms with Gasteiger partial charge in [-0.05, 0) is 24.7 Å². The first-order valence-corrected chi connectivity index (χ1v) is 6.00. The Morgan fingerprint density at radius 2 is 1.93 bits per heavy atom. The van der Waals surface area contributed by atoms with Crippen molar-refractivity contribution in [2.75, 3.05) is 6.61 Å². The Bertz CT molecular complexity index is 179. The van der Waals surface area contributed by atoms with Crippen LogP contribution < -0.4 is 0 Å². The summed E-state index contributed by atoms with van der Waals surface area (Å²) in [5.74, 6) is 0.396. The highest BCUT2D eigenvalue weighted by Gasteiger charge is 2.13. The molecular weight excluding hydrogens is 188 g/mol. The molecule has 0 amide bonds. The molecule has 0 aliphatic heterocycles. The average Bonchev–Trinajstić information content (AvgIpc) is 2.01. The summed E-state index contributed by atoms with van der Waals surface area (Å²) in [6.45, 7) is 11.2. The van der Waals surface area contributed by atoms with Gasteiger partial charge in [0.1, 0.15) is 0 Å². The molecule has 2 nitrogen and oxygen atoms in total. The SMILES string of the molecule is CCOC(=O)C[C@@H](C)CCCC(C)(C)C. The van der Waals surface area contributed by atoms with E-state index in [2.05, 4.69) is 27.7 Å². The van der Waals surface area contributed by atoms with Gasteiger partial charge in [-0.25, -0.2) is 0 Å². The Balaban J connectivity index is 3.57. The molecule has 0 saturated carbocycles. The van der Waals surface area contributed by atoms with E-state index in [9.17, 15) is 4.79 Å². The first-order chi connectivity index (χ1) is 6.85. The summed E-state index contributed by atoms with van der Waals surface area (Å²) in [4.78, 5) is 11.2. The molecule has 0 aliphatic carbocycles. The van der Waals surface area contributed by atoms with Gasteiger partial charge in [-0.3, -0.25) is 4.79 Å². The maximum atomic E-state index is 11.2. The minimum atomic E-state index is -0.0549. The normalized spacial score (nSPS) is 13.7. The molecule has 2 heteroatoms. The van der Waals surface area contributed by atoms with Crippen LogP contribution in [0.3, 0.4) is 0 Å². The molecule has 0 bridgehead atoms. The van der Waals surface area contributed by atoms with Crippen LogP contribution in [-0.4, -0.2) is 12.6 Å². The van der Waals surface area contributed by atoms with Gasteiger partial charge < -0.3 is 4.74 Å². The number of hydrogen-bond acceptors (Lipinski definition) is 2. The average molecular weight is 214 g/mol. The molecule has 0 aromatic carbocycles. The van der Waals surface area contributed by atoms with Crippen LogP contribution in [0, 0.1) is 11.3 Å². The largest absolute Gasteiger partial charge is 0.466 e. The van der Waals surface area contributed by atoms with E-state index in [1.54, 1.807) is 0 Å². The molecule has 0 heterocycles. The number of hydrogen-bond donors (Lipinski definition) is 0. The fraction of sp³-hybridized carbons (Fsp3) is 0.923. The molecule has 0 rings (SSSR count). The first kappa shape index (κ1) is 14.5. The molecule has 0 fully saturated rings. The number of esters is 1. The molecule has 1 atom stereocenters. The van der Waals surface area contributed by atoms with Gasteiger partial charge >= 0.3 is 5.97 Å². The second kappa shape index (κ2) is 6.86. The Kier molecular flexibility index (Phi) is 6.62. The third kappa shape index (κ3) is 9.77. The molecular formula is C13H26O2. The smallest absolute Gasteiger partial charge is 0.306 e. The summed E-state index contributed by atoms with van der Waals surface area (Å²) in [6.07, 6.45) is 4.11. The molecule has 90 valence electrons. The van der Waals surface area contributed by atoms with Crippen LogP contribution >= 0.6 is 0 Å². The standard InChI is InChI=1S/C13H26O2/c1-6-15-12(14)10-11(2)8-7-9-13(3,4)5/h11H,6-10H2,1-5H3/t11-/m0/s1. The minimum Gasteiger partial charge on any atom is -0.466 e. The topological polar surface area (TPSA) is 26.3 Å². The van der Waals surface area contributed by atoms with Crippen molar-refractivity contribution in [2.24, 2.45) is 11.3 Å². The summed E-state index contributed by atoms with van der Waals surface area (Å²) in [7, 11) is 0. The summed E-state index contributed by atoms with van der Waals surface area (Å²) in [6, 6.07) is 0. The minimum absolute atomic E-state index is 0.0549. The second-order valence-electron chi connectivity index (χ2n) is 5.57. The molecule has 0 saturated heterocycles. The molecule has 0 spiro atoms. The fourth-order valence-electron chi connectivity index (χ4n) is 1.59. The van der Waals surface area contributed by atoms with Crippen molar-refractivity contribution in [2.45, 2.75) is 60.3 Å². The van der Waals surface area contributed by atoms with Crippen LogP contribution in [0.1, 0.15) is 60.3 Å². The highest BCUT2D eigenvalue weighted by atomic mass is 16.5. The molecule has 0 aromatic heterocycles. The quantitative estimate of drug-likeness (QED) is 0.629. The van der Waals surface area contributed by atoms with E-state index in [-0.39, 0.29) is 5.97 Å². The van der Waals surface area contributed by atoms with Gasteiger partial charge in [0, 0.05) is 6.42 Å². The van der Waals surface area contributed by atoms with Gasteiger partial charge in [0.25, 0.3) is 0 Å². The number of carbonyl (C=O) groups is 1. The Hall–Kier alpha value is -0.530. The Morgan fingerprint density at radius 3 is 2.40 bits per heavy atom. The van der Waals surface area contributed by atoms with Gasteiger partial charge in [0.05, 0.1) is 6.61 Å². The van der Waals surface area contributed by atoms with Gasteiger partial charge in [-0.1, -0.05) is 40.5 Å². The Morgan fingerprint density at radius 1 is 1.33 bits per heavy atom. The number of rotatable bonds is 6. The van der Waals surface area contributed by atoms with E-state index in [4.69, 9.17) is 4.74 Å². The third-order valence-corrected chi connectivity index (χ3v) is 2.44. The lowest BCUT2D eigenvalue weighted by Gasteiger charge is -2.19.